The molecule has 162 valence electrons. The largest absolute Gasteiger partial charge is 0.508 e. The fraction of sp³-hybridized carbons (Fsp3) is 0. The number of carbonyl (C=O) groups is 1. The van der Waals surface area contributed by atoms with Crippen LogP contribution in [0.4, 0.5) is 11.4 Å². The molecule has 0 aliphatic heterocycles. The summed E-state index contributed by atoms with van der Waals surface area (Å²) in [5.74, 6) is 0.602. The van der Waals surface area contributed by atoms with Crippen LogP contribution in [0.3, 0.4) is 0 Å². The van der Waals surface area contributed by atoms with Crippen molar-refractivity contribution in [3.8, 4) is 17.1 Å². The molecular formula is C25H19N5O2S. The Morgan fingerprint density at radius 1 is 0.909 bits per heavy atom. The maximum Gasteiger partial charge on any atom is 0.255 e. The number of benzene rings is 3. The van der Waals surface area contributed by atoms with Gasteiger partial charge in [-0.15, -0.1) is 10.2 Å². The summed E-state index contributed by atoms with van der Waals surface area (Å²) in [6.07, 6.45) is 1.94. The van der Waals surface area contributed by atoms with Gasteiger partial charge >= 0.3 is 0 Å². The molecule has 2 aromatic heterocycles. The van der Waals surface area contributed by atoms with Gasteiger partial charge in [-0.2, -0.15) is 0 Å². The van der Waals surface area contributed by atoms with Crippen LogP contribution >= 0.6 is 11.8 Å². The van der Waals surface area contributed by atoms with Crippen LogP contribution in [0, 0.1) is 0 Å². The van der Waals surface area contributed by atoms with E-state index in [0.717, 1.165) is 15.4 Å². The van der Waals surface area contributed by atoms with Gasteiger partial charge in [0.15, 0.2) is 11.5 Å². The van der Waals surface area contributed by atoms with Gasteiger partial charge in [-0.3, -0.25) is 9.20 Å². The van der Waals surface area contributed by atoms with Gasteiger partial charge in [0.05, 0.1) is 0 Å². The van der Waals surface area contributed by atoms with Crippen LogP contribution in [0.25, 0.3) is 17.0 Å². The topological polar surface area (TPSA) is 106 Å². The smallest absolute Gasteiger partial charge is 0.255 e. The first-order chi connectivity index (χ1) is 16.0. The van der Waals surface area contributed by atoms with Gasteiger partial charge < -0.3 is 16.2 Å². The molecule has 0 bridgehead atoms. The number of pyridine rings is 1. The van der Waals surface area contributed by atoms with Gasteiger partial charge in [-0.05, 0) is 60.7 Å². The molecule has 5 aromatic rings. The number of hydrogen-bond donors (Lipinski definition) is 3. The van der Waals surface area contributed by atoms with Crippen molar-refractivity contribution in [2.45, 2.75) is 9.79 Å². The maximum absolute atomic E-state index is 12.7. The molecule has 0 aliphatic rings. The summed E-state index contributed by atoms with van der Waals surface area (Å²) in [7, 11) is 0. The molecule has 0 unspecified atom stereocenters. The van der Waals surface area contributed by atoms with Crippen molar-refractivity contribution in [2.75, 3.05) is 11.1 Å². The molecular weight excluding hydrogens is 434 g/mol. The lowest BCUT2D eigenvalue weighted by molar-refractivity contribution is 0.102. The van der Waals surface area contributed by atoms with Crippen molar-refractivity contribution in [1.82, 2.24) is 14.6 Å². The lowest BCUT2D eigenvalue weighted by Gasteiger charge is -2.08. The zero-order valence-corrected chi connectivity index (χ0v) is 18.2. The molecule has 0 saturated heterocycles. The molecule has 0 saturated carbocycles. The number of fused-ring (bicyclic) bond motifs is 1. The van der Waals surface area contributed by atoms with E-state index in [1.54, 1.807) is 48.5 Å². The third-order valence-corrected chi connectivity index (χ3v) is 5.92. The molecule has 7 nitrogen and oxygen atoms in total. The Hall–Kier alpha value is -4.30. The fourth-order valence-corrected chi connectivity index (χ4v) is 4.33. The number of nitrogens with zero attached hydrogens (tertiary/aromatic N) is 3. The fourth-order valence-electron chi connectivity index (χ4n) is 3.43. The second-order valence-corrected chi connectivity index (χ2v) is 8.52. The molecule has 4 N–H and O–H groups in total. The highest BCUT2D eigenvalue weighted by Crippen LogP contribution is 2.30. The van der Waals surface area contributed by atoms with E-state index in [0.29, 0.717) is 28.4 Å². The van der Waals surface area contributed by atoms with Crippen LogP contribution in [-0.4, -0.2) is 25.6 Å². The number of amides is 1. The number of rotatable bonds is 5. The monoisotopic (exact) mass is 453 g/mol. The number of nitrogen functional groups attached to an aromatic ring is 1. The quantitative estimate of drug-likeness (QED) is 0.320. The van der Waals surface area contributed by atoms with Crippen LogP contribution < -0.4 is 11.1 Å². The predicted octanol–water partition coefficient (Wildman–Crippen LogP) is 5.09. The predicted molar refractivity (Wildman–Crippen MR) is 129 cm³/mol. The van der Waals surface area contributed by atoms with Crippen molar-refractivity contribution in [3.63, 3.8) is 0 Å². The summed E-state index contributed by atoms with van der Waals surface area (Å²) < 4.78 is 1.88. The third kappa shape index (κ3) is 4.51. The molecule has 0 aliphatic carbocycles. The zero-order chi connectivity index (χ0) is 22.8. The van der Waals surface area contributed by atoms with Crippen LogP contribution in [0.15, 0.2) is 101 Å². The first kappa shape index (κ1) is 20.6. The number of nitrogens with two attached hydrogens (primary N) is 1. The highest BCUT2D eigenvalue weighted by atomic mass is 32.2. The summed E-state index contributed by atoms with van der Waals surface area (Å²) in [5.41, 5.74) is 9.05. The Morgan fingerprint density at radius 3 is 2.61 bits per heavy atom. The minimum Gasteiger partial charge on any atom is -0.508 e. The first-order valence-corrected chi connectivity index (χ1v) is 11.0. The molecule has 0 atom stereocenters. The van der Waals surface area contributed by atoms with Crippen LogP contribution in [0.1, 0.15) is 10.4 Å². The van der Waals surface area contributed by atoms with E-state index in [1.165, 1.54) is 11.8 Å². The Kier molecular flexibility index (Phi) is 5.42. The van der Waals surface area contributed by atoms with E-state index in [4.69, 9.17) is 5.73 Å². The maximum atomic E-state index is 12.7. The van der Waals surface area contributed by atoms with Crippen molar-refractivity contribution < 1.29 is 9.90 Å². The molecule has 0 spiro atoms. The average Bonchev–Trinajstić information content (AvgIpc) is 3.23. The minimum absolute atomic E-state index is 0.170. The number of carbonyl (C=O) groups excluding carboxylic acids is 1. The van der Waals surface area contributed by atoms with Gasteiger partial charge in [0.25, 0.3) is 5.91 Å². The lowest BCUT2D eigenvalue weighted by Crippen LogP contribution is -2.11. The lowest BCUT2D eigenvalue weighted by atomic mass is 10.2. The number of nitrogens with one attached hydrogen (secondary N) is 1. The van der Waals surface area contributed by atoms with Gasteiger partial charge in [0.1, 0.15) is 5.75 Å². The summed E-state index contributed by atoms with van der Waals surface area (Å²) >= 11 is 1.53. The highest BCUT2D eigenvalue weighted by Gasteiger charge is 2.11. The Balaban J connectivity index is 1.39. The molecule has 33 heavy (non-hydrogen) atoms. The number of aromatic nitrogens is 3. The number of phenols is 1. The van der Waals surface area contributed by atoms with E-state index in [9.17, 15) is 9.90 Å². The molecule has 3 aromatic carbocycles. The second kappa shape index (κ2) is 8.68. The second-order valence-electron chi connectivity index (χ2n) is 7.38. The SMILES string of the molecule is Nc1cccc(NC(=O)c2cccc(Sc3ccc4nnc(-c5cccc(O)c5)n4c3)c2)c1. The summed E-state index contributed by atoms with van der Waals surface area (Å²) in [4.78, 5) is 14.6. The minimum atomic E-state index is -0.205. The molecule has 0 radical (unpaired) electrons. The summed E-state index contributed by atoms with van der Waals surface area (Å²) in [6.45, 7) is 0. The van der Waals surface area contributed by atoms with Crippen molar-refractivity contribution in [2.24, 2.45) is 0 Å². The third-order valence-electron chi connectivity index (χ3n) is 4.96. The van der Waals surface area contributed by atoms with Gasteiger partial charge in [0.2, 0.25) is 0 Å². The van der Waals surface area contributed by atoms with E-state index < -0.39 is 0 Å². The Bertz CT molecular complexity index is 1480. The Labute approximate surface area is 193 Å². The van der Waals surface area contributed by atoms with E-state index >= 15 is 0 Å². The molecule has 0 fully saturated rings. The van der Waals surface area contributed by atoms with E-state index in [2.05, 4.69) is 15.5 Å². The van der Waals surface area contributed by atoms with Crippen LogP contribution in [0.2, 0.25) is 0 Å². The van der Waals surface area contributed by atoms with Crippen molar-refractivity contribution in [1.29, 1.82) is 0 Å². The summed E-state index contributed by atoms with van der Waals surface area (Å²) in [6, 6.07) is 25.3. The van der Waals surface area contributed by atoms with Crippen LogP contribution in [-0.2, 0) is 0 Å². The van der Waals surface area contributed by atoms with Crippen molar-refractivity contribution >= 4 is 34.7 Å². The average molecular weight is 454 g/mol. The summed E-state index contributed by atoms with van der Waals surface area (Å²) in [5, 5.41) is 21.2. The Morgan fingerprint density at radius 2 is 1.76 bits per heavy atom. The number of hydrogen-bond acceptors (Lipinski definition) is 6. The normalized spacial score (nSPS) is 10.9. The van der Waals surface area contributed by atoms with Gasteiger partial charge in [0, 0.05) is 38.5 Å². The molecule has 1 amide bonds. The number of aromatic hydroxyl groups is 1. The zero-order valence-electron chi connectivity index (χ0n) is 17.3. The van der Waals surface area contributed by atoms with Crippen LogP contribution in [0.5, 0.6) is 5.75 Å². The van der Waals surface area contributed by atoms with Crippen molar-refractivity contribution in [3.05, 3.63) is 96.7 Å². The van der Waals surface area contributed by atoms with E-state index in [-0.39, 0.29) is 11.7 Å². The standard InChI is InChI=1S/C25H19N5O2S/c26-18-6-3-7-19(14-18)27-25(32)17-5-2-9-21(13-17)33-22-10-11-23-28-29-24(30(23)15-22)16-4-1-8-20(31)12-16/h1-15,31H,26H2,(H,27,32). The molecule has 8 heteroatoms. The first-order valence-electron chi connectivity index (χ1n) is 10.1. The van der Waals surface area contributed by atoms with E-state index in [1.807, 2.05) is 47.0 Å². The molecule has 5 rings (SSSR count). The highest BCUT2D eigenvalue weighted by molar-refractivity contribution is 7.99. The number of anilines is 2. The van der Waals surface area contributed by atoms with Gasteiger partial charge in [-0.1, -0.05) is 36.0 Å². The molecule has 2 heterocycles. The number of phenolic OH excluding ortho intramolecular Hbond substituents is 1. The van der Waals surface area contributed by atoms with Gasteiger partial charge in [-0.25, -0.2) is 0 Å².